The molecule has 3 rings (SSSR count). The summed E-state index contributed by atoms with van der Waals surface area (Å²) in [7, 11) is 0. The number of rotatable bonds is 11. The second-order valence-corrected chi connectivity index (χ2v) is 10.4. The summed E-state index contributed by atoms with van der Waals surface area (Å²) in [6, 6.07) is 12.4. The molecule has 196 valence electrons. The number of nitrogens with zero attached hydrogens (tertiary/aromatic N) is 1. The lowest BCUT2D eigenvalue weighted by Gasteiger charge is -2.33. The molecule has 0 bridgehead atoms. The minimum Gasteiger partial charge on any atom is -0.390 e. The number of aliphatic hydroxyl groups excluding tert-OH is 1. The molecular weight excluding hydrogens is 456 g/mol. The number of amides is 3. The first-order valence-electron chi connectivity index (χ1n) is 12.9. The van der Waals surface area contributed by atoms with Crippen LogP contribution >= 0.6 is 0 Å². The number of hydrogen-bond acceptors (Lipinski definition) is 5. The van der Waals surface area contributed by atoms with E-state index in [2.05, 4.69) is 10.6 Å². The Morgan fingerprint density at radius 1 is 1.17 bits per heavy atom. The van der Waals surface area contributed by atoms with E-state index in [4.69, 9.17) is 5.73 Å². The first-order chi connectivity index (χ1) is 17.2. The zero-order valence-electron chi connectivity index (χ0n) is 21.6. The molecule has 1 saturated heterocycles. The lowest BCUT2D eigenvalue weighted by molar-refractivity contribution is -0.146. The van der Waals surface area contributed by atoms with Crippen LogP contribution in [0.4, 0.5) is 0 Å². The Morgan fingerprint density at radius 3 is 2.58 bits per heavy atom. The van der Waals surface area contributed by atoms with Gasteiger partial charge in [-0.3, -0.25) is 14.4 Å². The summed E-state index contributed by atoms with van der Waals surface area (Å²) in [6.45, 7) is 6.44. The van der Waals surface area contributed by atoms with Crippen molar-refractivity contribution in [2.45, 2.75) is 71.1 Å². The van der Waals surface area contributed by atoms with Gasteiger partial charge in [0, 0.05) is 31.5 Å². The molecule has 1 aliphatic heterocycles. The van der Waals surface area contributed by atoms with E-state index in [9.17, 15) is 19.5 Å². The molecule has 3 amide bonds. The highest BCUT2D eigenvalue weighted by atomic mass is 16.3. The Hall–Kier alpha value is -2.97. The smallest absolute Gasteiger partial charge is 0.243 e. The van der Waals surface area contributed by atoms with Gasteiger partial charge < -0.3 is 26.4 Å². The fraction of sp³-hybridized carbons (Fsp3) is 0.536. The molecule has 3 atom stereocenters. The van der Waals surface area contributed by atoms with E-state index in [0.29, 0.717) is 13.0 Å². The molecule has 2 aromatic rings. The molecule has 8 heteroatoms. The average molecular weight is 497 g/mol. The van der Waals surface area contributed by atoms with Gasteiger partial charge in [0.2, 0.25) is 17.7 Å². The van der Waals surface area contributed by atoms with Crippen LogP contribution in [0.3, 0.4) is 0 Å². The summed E-state index contributed by atoms with van der Waals surface area (Å²) in [5.41, 5.74) is 5.82. The number of fused-ring (bicyclic) bond motifs is 1. The van der Waals surface area contributed by atoms with E-state index in [1.54, 1.807) is 4.90 Å². The van der Waals surface area contributed by atoms with E-state index in [1.807, 2.05) is 63.2 Å². The molecule has 0 radical (unpaired) electrons. The summed E-state index contributed by atoms with van der Waals surface area (Å²) < 4.78 is 0. The SMILES string of the molecule is CCCC(C)(C)C(=O)N1CCCC1C(=O)NC(Cc1ccc2ccccc2c1)C(=O)NCC(O)CN. The maximum atomic E-state index is 13.4. The monoisotopic (exact) mass is 496 g/mol. The van der Waals surface area contributed by atoms with Crippen molar-refractivity contribution in [2.24, 2.45) is 11.1 Å². The molecule has 1 aliphatic rings. The predicted octanol–water partition coefficient (Wildman–Crippen LogP) is 2.12. The Kier molecular flexibility index (Phi) is 9.45. The van der Waals surface area contributed by atoms with Gasteiger partial charge >= 0.3 is 0 Å². The molecule has 0 aromatic heterocycles. The number of carbonyl (C=O) groups is 3. The molecule has 8 nitrogen and oxygen atoms in total. The molecule has 0 aliphatic carbocycles. The standard InChI is InChI=1S/C28H40N4O4/c1-4-13-28(2,3)27(36)32-14-7-10-24(32)26(35)31-23(25(34)30-18-22(33)17-29)16-19-11-12-20-8-5-6-9-21(20)15-19/h5-6,8-9,11-12,15,22-24,33H,4,7,10,13-14,16-18,29H2,1-3H3,(H,30,34)(H,31,35). The van der Waals surface area contributed by atoms with E-state index < -0.39 is 29.5 Å². The molecule has 1 fully saturated rings. The van der Waals surface area contributed by atoms with Gasteiger partial charge in [0.25, 0.3) is 0 Å². The van der Waals surface area contributed by atoms with Crippen LogP contribution in [-0.4, -0.2) is 65.5 Å². The van der Waals surface area contributed by atoms with Crippen LogP contribution in [0.1, 0.15) is 52.0 Å². The number of aliphatic hydroxyl groups is 1. The zero-order chi connectivity index (χ0) is 26.3. The van der Waals surface area contributed by atoms with Crippen LogP contribution in [0, 0.1) is 5.41 Å². The number of likely N-dealkylation sites (tertiary alicyclic amines) is 1. The summed E-state index contributed by atoms with van der Waals surface area (Å²) in [6.07, 6.45) is 2.35. The molecule has 0 spiro atoms. The zero-order valence-corrected chi connectivity index (χ0v) is 21.6. The second kappa shape index (κ2) is 12.3. The number of nitrogens with one attached hydrogen (secondary N) is 2. The second-order valence-electron chi connectivity index (χ2n) is 10.4. The van der Waals surface area contributed by atoms with E-state index in [0.717, 1.165) is 35.6 Å². The van der Waals surface area contributed by atoms with Gasteiger partial charge in [-0.15, -0.1) is 0 Å². The third kappa shape index (κ3) is 6.83. The molecule has 5 N–H and O–H groups in total. The fourth-order valence-corrected chi connectivity index (χ4v) is 4.91. The maximum Gasteiger partial charge on any atom is 0.243 e. The van der Waals surface area contributed by atoms with Crippen molar-refractivity contribution in [1.29, 1.82) is 0 Å². The van der Waals surface area contributed by atoms with Crippen LogP contribution in [-0.2, 0) is 20.8 Å². The third-order valence-corrected chi connectivity index (χ3v) is 6.94. The van der Waals surface area contributed by atoms with Crippen LogP contribution in [0.15, 0.2) is 42.5 Å². The quantitative estimate of drug-likeness (QED) is 0.379. The highest BCUT2D eigenvalue weighted by molar-refractivity contribution is 5.93. The van der Waals surface area contributed by atoms with Crippen LogP contribution < -0.4 is 16.4 Å². The lowest BCUT2D eigenvalue weighted by atomic mass is 9.86. The highest BCUT2D eigenvalue weighted by Gasteiger charge is 2.41. The van der Waals surface area contributed by atoms with Gasteiger partial charge in [-0.05, 0) is 35.6 Å². The van der Waals surface area contributed by atoms with Crippen LogP contribution in [0.25, 0.3) is 10.8 Å². The average Bonchev–Trinajstić information content (AvgIpc) is 3.36. The van der Waals surface area contributed by atoms with E-state index in [1.165, 1.54) is 0 Å². The van der Waals surface area contributed by atoms with Crippen LogP contribution in [0.2, 0.25) is 0 Å². The molecule has 3 unspecified atom stereocenters. The van der Waals surface area contributed by atoms with Gasteiger partial charge in [0.15, 0.2) is 0 Å². The number of carbonyl (C=O) groups excluding carboxylic acids is 3. The van der Waals surface area contributed by atoms with E-state index >= 15 is 0 Å². The molecule has 36 heavy (non-hydrogen) atoms. The van der Waals surface area contributed by atoms with Crippen LogP contribution in [0.5, 0.6) is 0 Å². The molecular formula is C28H40N4O4. The van der Waals surface area contributed by atoms with Crippen molar-refractivity contribution >= 4 is 28.5 Å². The topological polar surface area (TPSA) is 125 Å². The third-order valence-electron chi connectivity index (χ3n) is 6.94. The highest BCUT2D eigenvalue weighted by Crippen LogP contribution is 2.30. The van der Waals surface area contributed by atoms with Crippen molar-refractivity contribution in [3.05, 3.63) is 48.0 Å². The van der Waals surface area contributed by atoms with Gasteiger partial charge in [-0.1, -0.05) is 69.7 Å². The Bertz CT molecular complexity index is 1070. The fourth-order valence-electron chi connectivity index (χ4n) is 4.91. The largest absolute Gasteiger partial charge is 0.390 e. The Balaban J connectivity index is 1.78. The normalized spacial score (nSPS) is 17.6. The maximum absolute atomic E-state index is 13.4. The van der Waals surface area contributed by atoms with Gasteiger partial charge in [0.05, 0.1) is 6.10 Å². The van der Waals surface area contributed by atoms with Gasteiger partial charge in [-0.25, -0.2) is 0 Å². The van der Waals surface area contributed by atoms with Gasteiger partial charge in [-0.2, -0.15) is 0 Å². The summed E-state index contributed by atoms with van der Waals surface area (Å²) >= 11 is 0. The number of benzene rings is 2. The van der Waals surface area contributed by atoms with Crippen molar-refractivity contribution in [3.63, 3.8) is 0 Å². The number of hydrogen-bond donors (Lipinski definition) is 4. The first-order valence-corrected chi connectivity index (χ1v) is 12.9. The summed E-state index contributed by atoms with van der Waals surface area (Å²) in [4.78, 5) is 41.4. The first kappa shape index (κ1) is 27.6. The number of nitrogens with two attached hydrogens (primary N) is 1. The summed E-state index contributed by atoms with van der Waals surface area (Å²) in [5, 5.41) is 17.5. The molecule has 0 saturated carbocycles. The predicted molar refractivity (Wildman–Crippen MR) is 141 cm³/mol. The Labute approximate surface area is 213 Å². The minimum atomic E-state index is -0.866. The molecule has 2 aromatic carbocycles. The van der Waals surface area contributed by atoms with Crippen molar-refractivity contribution in [2.75, 3.05) is 19.6 Å². The van der Waals surface area contributed by atoms with Crippen molar-refractivity contribution in [1.82, 2.24) is 15.5 Å². The van der Waals surface area contributed by atoms with Gasteiger partial charge in [0.1, 0.15) is 12.1 Å². The van der Waals surface area contributed by atoms with Crippen molar-refractivity contribution in [3.8, 4) is 0 Å². The lowest BCUT2D eigenvalue weighted by Crippen LogP contribution is -2.55. The molecule has 1 heterocycles. The van der Waals surface area contributed by atoms with E-state index in [-0.39, 0.29) is 31.3 Å². The minimum absolute atomic E-state index is 0.00132. The summed E-state index contributed by atoms with van der Waals surface area (Å²) in [5.74, 6) is -0.747. The Morgan fingerprint density at radius 2 is 1.89 bits per heavy atom. The van der Waals surface area contributed by atoms with Crippen molar-refractivity contribution < 1.29 is 19.5 Å².